The average molecular weight is 196 g/mol. The number of carbonyl (C=O) groups is 1. The van der Waals surface area contributed by atoms with Gasteiger partial charge in [0.15, 0.2) is 0 Å². The maximum Gasteiger partial charge on any atom is 0.325 e. The quantitative estimate of drug-likeness (QED) is 0.729. The van der Waals surface area contributed by atoms with Crippen molar-refractivity contribution in [2.45, 2.75) is 19.5 Å². The summed E-state index contributed by atoms with van der Waals surface area (Å²) in [4.78, 5) is 11.0. The first kappa shape index (κ1) is 10.8. The lowest BCUT2D eigenvalue weighted by atomic mass is 10.2. The SMILES string of the molecule is CNC(C)c1ccn(CC(=O)OC)c1. The van der Waals surface area contributed by atoms with E-state index in [1.807, 2.05) is 30.1 Å². The smallest absolute Gasteiger partial charge is 0.325 e. The van der Waals surface area contributed by atoms with Gasteiger partial charge in [-0.2, -0.15) is 0 Å². The van der Waals surface area contributed by atoms with Gasteiger partial charge in [-0.05, 0) is 25.6 Å². The van der Waals surface area contributed by atoms with Gasteiger partial charge in [-0.1, -0.05) is 0 Å². The van der Waals surface area contributed by atoms with Gasteiger partial charge in [0.2, 0.25) is 0 Å². The van der Waals surface area contributed by atoms with E-state index in [1.165, 1.54) is 7.11 Å². The standard InChI is InChI=1S/C10H16N2O2/c1-8(11-2)9-4-5-12(6-9)7-10(13)14-3/h4-6,8,11H,7H2,1-3H3. The highest BCUT2D eigenvalue weighted by Crippen LogP contribution is 2.11. The van der Waals surface area contributed by atoms with Crippen LogP contribution < -0.4 is 5.32 Å². The van der Waals surface area contributed by atoms with Gasteiger partial charge in [-0.25, -0.2) is 0 Å². The highest BCUT2D eigenvalue weighted by Gasteiger charge is 2.06. The molecule has 0 aliphatic heterocycles. The molecule has 0 aromatic carbocycles. The molecule has 1 N–H and O–H groups in total. The first-order chi connectivity index (χ1) is 6.67. The highest BCUT2D eigenvalue weighted by atomic mass is 16.5. The Morgan fingerprint density at radius 1 is 1.71 bits per heavy atom. The van der Waals surface area contributed by atoms with E-state index < -0.39 is 0 Å². The molecule has 0 aliphatic rings. The van der Waals surface area contributed by atoms with E-state index in [0.717, 1.165) is 5.56 Å². The molecule has 4 nitrogen and oxygen atoms in total. The fourth-order valence-electron chi connectivity index (χ4n) is 1.19. The molecule has 0 radical (unpaired) electrons. The van der Waals surface area contributed by atoms with E-state index in [9.17, 15) is 4.79 Å². The normalized spacial score (nSPS) is 12.5. The molecule has 1 aromatic rings. The molecule has 14 heavy (non-hydrogen) atoms. The number of carbonyl (C=O) groups excluding carboxylic acids is 1. The summed E-state index contributed by atoms with van der Waals surface area (Å²) in [6, 6.07) is 2.29. The molecule has 0 saturated carbocycles. The molecule has 0 spiro atoms. The summed E-state index contributed by atoms with van der Waals surface area (Å²) in [5.41, 5.74) is 1.16. The van der Waals surface area contributed by atoms with Crippen molar-refractivity contribution in [3.63, 3.8) is 0 Å². The Morgan fingerprint density at radius 3 is 3.00 bits per heavy atom. The lowest BCUT2D eigenvalue weighted by molar-refractivity contribution is -0.141. The zero-order valence-electron chi connectivity index (χ0n) is 8.78. The number of nitrogens with one attached hydrogen (secondary N) is 1. The minimum absolute atomic E-state index is 0.232. The van der Waals surface area contributed by atoms with Crippen LogP contribution in [-0.4, -0.2) is 24.7 Å². The van der Waals surface area contributed by atoms with Crippen molar-refractivity contribution in [3.8, 4) is 0 Å². The van der Waals surface area contributed by atoms with Gasteiger partial charge in [-0.15, -0.1) is 0 Å². The molecule has 0 fully saturated rings. The van der Waals surface area contributed by atoms with Gasteiger partial charge >= 0.3 is 5.97 Å². The molecular weight excluding hydrogens is 180 g/mol. The third kappa shape index (κ3) is 2.60. The minimum Gasteiger partial charge on any atom is -0.468 e. The van der Waals surface area contributed by atoms with Crippen LogP contribution in [0.1, 0.15) is 18.5 Å². The van der Waals surface area contributed by atoms with E-state index in [0.29, 0.717) is 6.04 Å². The third-order valence-corrected chi connectivity index (χ3v) is 2.25. The van der Waals surface area contributed by atoms with E-state index in [2.05, 4.69) is 17.0 Å². The maximum atomic E-state index is 11.0. The van der Waals surface area contributed by atoms with Crippen LogP contribution in [0.5, 0.6) is 0 Å². The lowest BCUT2D eigenvalue weighted by Gasteiger charge is -2.06. The predicted molar refractivity (Wildman–Crippen MR) is 53.9 cm³/mol. The molecule has 1 heterocycles. The van der Waals surface area contributed by atoms with Gasteiger partial charge in [-0.3, -0.25) is 4.79 Å². The molecule has 0 aliphatic carbocycles. The summed E-state index contributed by atoms with van der Waals surface area (Å²) in [7, 11) is 3.30. The molecule has 78 valence electrons. The topological polar surface area (TPSA) is 43.3 Å². The van der Waals surface area contributed by atoms with Crippen LogP contribution in [0.2, 0.25) is 0 Å². The number of nitrogens with zero attached hydrogens (tertiary/aromatic N) is 1. The van der Waals surface area contributed by atoms with E-state index in [4.69, 9.17) is 0 Å². The lowest BCUT2D eigenvalue weighted by Crippen LogP contribution is -2.12. The minimum atomic E-state index is -0.232. The van der Waals surface area contributed by atoms with Gasteiger partial charge in [0.25, 0.3) is 0 Å². The van der Waals surface area contributed by atoms with Crippen LogP contribution >= 0.6 is 0 Å². The zero-order chi connectivity index (χ0) is 10.6. The average Bonchev–Trinajstić information content (AvgIpc) is 2.65. The maximum absolute atomic E-state index is 11.0. The highest BCUT2D eigenvalue weighted by molar-refractivity contribution is 5.68. The van der Waals surface area contributed by atoms with Crippen molar-refractivity contribution < 1.29 is 9.53 Å². The van der Waals surface area contributed by atoms with Gasteiger partial charge in [0.05, 0.1) is 7.11 Å². The van der Waals surface area contributed by atoms with E-state index >= 15 is 0 Å². The first-order valence-corrected chi connectivity index (χ1v) is 4.57. The van der Waals surface area contributed by atoms with Gasteiger partial charge in [0.1, 0.15) is 6.54 Å². The van der Waals surface area contributed by atoms with Crippen LogP contribution in [0, 0.1) is 0 Å². The Balaban J connectivity index is 2.63. The van der Waals surface area contributed by atoms with Crippen molar-refractivity contribution in [2.75, 3.05) is 14.2 Å². The Bertz CT molecular complexity index is 307. The Kier molecular flexibility index (Phi) is 3.71. The molecule has 0 amide bonds. The van der Waals surface area contributed by atoms with Crippen LogP contribution in [0.4, 0.5) is 0 Å². The van der Waals surface area contributed by atoms with Gasteiger partial charge in [0, 0.05) is 18.4 Å². The Labute approximate surface area is 83.9 Å². The van der Waals surface area contributed by atoms with Crippen molar-refractivity contribution in [1.82, 2.24) is 9.88 Å². The molecule has 4 heteroatoms. The molecule has 1 aromatic heterocycles. The number of hydrogen-bond acceptors (Lipinski definition) is 3. The number of ether oxygens (including phenoxy) is 1. The number of methoxy groups -OCH3 is 1. The predicted octanol–water partition coefficient (Wildman–Crippen LogP) is 0.941. The fourth-order valence-corrected chi connectivity index (χ4v) is 1.19. The second kappa shape index (κ2) is 4.81. The van der Waals surface area contributed by atoms with Crippen molar-refractivity contribution in [2.24, 2.45) is 0 Å². The number of rotatable bonds is 4. The van der Waals surface area contributed by atoms with Crippen LogP contribution in [0.15, 0.2) is 18.5 Å². The summed E-state index contributed by atoms with van der Waals surface area (Å²) in [5.74, 6) is -0.232. The summed E-state index contributed by atoms with van der Waals surface area (Å²) in [6.45, 7) is 2.34. The van der Waals surface area contributed by atoms with E-state index in [-0.39, 0.29) is 12.5 Å². The second-order valence-electron chi connectivity index (χ2n) is 3.20. The third-order valence-electron chi connectivity index (χ3n) is 2.25. The first-order valence-electron chi connectivity index (χ1n) is 4.57. The second-order valence-corrected chi connectivity index (χ2v) is 3.20. The van der Waals surface area contributed by atoms with Crippen LogP contribution in [-0.2, 0) is 16.1 Å². The summed E-state index contributed by atoms with van der Waals surface area (Å²) < 4.78 is 6.39. The van der Waals surface area contributed by atoms with Gasteiger partial charge < -0.3 is 14.6 Å². The largest absolute Gasteiger partial charge is 0.468 e. The zero-order valence-corrected chi connectivity index (χ0v) is 8.78. The summed E-state index contributed by atoms with van der Waals surface area (Å²) in [6.07, 6.45) is 3.82. The fraction of sp³-hybridized carbons (Fsp3) is 0.500. The van der Waals surface area contributed by atoms with Crippen molar-refractivity contribution >= 4 is 5.97 Å². The van der Waals surface area contributed by atoms with Crippen molar-refractivity contribution in [3.05, 3.63) is 24.0 Å². The molecule has 1 atom stereocenters. The number of aromatic nitrogens is 1. The van der Waals surface area contributed by atoms with Crippen LogP contribution in [0.25, 0.3) is 0 Å². The molecular formula is C10H16N2O2. The van der Waals surface area contributed by atoms with E-state index in [1.54, 1.807) is 0 Å². The number of hydrogen-bond donors (Lipinski definition) is 1. The number of esters is 1. The van der Waals surface area contributed by atoms with Crippen LogP contribution in [0.3, 0.4) is 0 Å². The molecule has 0 bridgehead atoms. The summed E-state index contributed by atoms with van der Waals surface area (Å²) >= 11 is 0. The molecule has 0 saturated heterocycles. The summed E-state index contributed by atoms with van der Waals surface area (Å²) in [5, 5.41) is 3.13. The Hall–Kier alpha value is -1.29. The molecule has 1 rings (SSSR count). The Morgan fingerprint density at radius 2 is 2.43 bits per heavy atom. The molecule has 1 unspecified atom stereocenters. The van der Waals surface area contributed by atoms with Crippen molar-refractivity contribution in [1.29, 1.82) is 0 Å². The monoisotopic (exact) mass is 196 g/mol.